The molecule has 134 valence electrons. The number of nitrogens with one attached hydrogen (secondary N) is 2. The van der Waals surface area contributed by atoms with E-state index in [9.17, 15) is 19.7 Å². The van der Waals surface area contributed by atoms with Crippen LogP contribution in [0.3, 0.4) is 0 Å². The third kappa shape index (κ3) is 4.54. The maximum atomic E-state index is 12.3. The maximum absolute atomic E-state index is 12.3. The number of carbonyl (C=O) groups excluding carboxylic acids is 1. The number of nitro benzene ring substituents is 1. The van der Waals surface area contributed by atoms with Crippen LogP contribution >= 0.6 is 0 Å². The molecule has 0 spiro atoms. The molecule has 2 rings (SSSR count). The molecule has 1 aromatic carbocycles. The van der Waals surface area contributed by atoms with Crippen molar-refractivity contribution in [3.63, 3.8) is 0 Å². The summed E-state index contributed by atoms with van der Waals surface area (Å²) in [5.41, 5.74) is 0.157. The Kier molecular flexibility index (Phi) is 5.38. The van der Waals surface area contributed by atoms with Gasteiger partial charge in [-0.05, 0) is 18.6 Å². The number of amides is 1. The van der Waals surface area contributed by atoms with Gasteiger partial charge in [0.2, 0.25) is 5.91 Å². The van der Waals surface area contributed by atoms with Crippen molar-refractivity contribution < 1.29 is 24.4 Å². The molecule has 25 heavy (non-hydrogen) atoms. The normalized spacial score (nSPS) is 13.4. The molecule has 1 unspecified atom stereocenters. The Hall–Kier alpha value is -2.94. The minimum Gasteiger partial charge on any atom is -0.481 e. The first-order valence-corrected chi connectivity index (χ1v) is 7.50. The van der Waals surface area contributed by atoms with E-state index in [0.717, 1.165) is 0 Å². The van der Waals surface area contributed by atoms with Gasteiger partial charge >= 0.3 is 5.97 Å². The zero-order chi connectivity index (χ0) is 18.6. The molecule has 1 heterocycles. The average Bonchev–Trinajstić information content (AvgIpc) is 2.88. The van der Waals surface area contributed by atoms with Crippen molar-refractivity contribution in [1.82, 2.24) is 10.3 Å². The highest BCUT2D eigenvalue weighted by atomic mass is 16.6. The van der Waals surface area contributed by atoms with Gasteiger partial charge in [-0.1, -0.05) is 0 Å². The molecule has 0 bridgehead atoms. The van der Waals surface area contributed by atoms with Gasteiger partial charge in [0, 0.05) is 36.3 Å². The lowest BCUT2D eigenvalue weighted by molar-refractivity contribution is -0.384. The summed E-state index contributed by atoms with van der Waals surface area (Å²) < 4.78 is 5.00. The largest absolute Gasteiger partial charge is 0.481 e. The molecule has 0 aliphatic carbocycles. The molecular formula is C16H19N3O6. The highest BCUT2D eigenvalue weighted by molar-refractivity contribution is 5.90. The summed E-state index contributed by atoms with van der Waals surface area (Å²) in [4.78, 5) is 36.7. The van der Waals surface area contributed by atoms with Crippen LogP contribution < -0.4 is 5.32 Å². The lowest BCUT2D eigenvalue weighted by atomic mass is 9.98. The number of benzene rings is 1. The van der Waals surface area contributed by atoms with Gasteiger partial charge < -0.3 is 20.1 Å². The van der Waals surface area contributed by atoms with Crippen LogP contribution in [0.15, 0.2) is 24.4 Å². The Morgan fingerprint density at radius 3 is 2.76 bits per heavy atom. The van der Waals surface area contributed by atoms with Crippen LogP contribution in [-0.2, 0) is 20.7 Å². The fourth-order valence-electron chi connectivity index (χ4n) is 2.76. The van der Waals surface area contributed by atoms with Gasteiger partial charge in [-0.25, -0.2) is 0 Å². The quantitative estimate of drug-likeness (QED) is 0.489. The van der Waals surface area contributed by atoms with Crippen LogP contribution in [-0.4, -0.2) is 46.1 Å². The van der Waals surface area contributed by atoms with Crippen molar-refractivity contribution in [1.29, 1.82) is 0 Å². The molecule has 0 saturated carbocycles. The maximum Gasteiger partial charge on any atom is 0.305 e. The predicted octanol–water partition coefficient (Wildman–Crippen LogP) is 1.61. The van der Waals surface area contributed by atoms with Gasteiger partial charge in [-0.3, -0.25) is 19.7 Å². The molecule has 0 fully saturated rings. The van der Waals surface area contributed by atoms with Gasteiger partial charge in [-0.2, -0.15) is 0 Å². The summed E-state index contributed by atoms with van der Waals surface area (Å²) in [6.45, 7) is 1.63. The average molecular weight is 349 g/mol. The first kappa shape index (κ1) is 18.4. The Balaban J connectivity index is 2.19. The third-order valence-electron chi connectivity index (χ3n) is 3.76. The van der Waals surface area contributed by atoms with Crippen LogP contribution in [0.5, 0.6) is 0 Å². The highest BCUT2D eigenvalue weighted by Crippen LogP contribution is 2.24. The number of non-ortho nitro benzene ring substituents is 1. The van der Waals surface area contributed by atoms with E-state index in [-0.39, 0.29) is 25.1 Å². The van der Waals surface area contributed by atoms with Gasteiger partial charge in [0.15, 0.2) is 0 Å². The van der Waals surface area contributed by atoms with E-state index in [4.69, 9.17) is 9.84 Å². The van der Waals surface area contributed by atoms with Crippen molar-refractivity contribution in [2.45, 2.75) is 25.3 Å². The Morgan fingerprint density at radius 1 is 1.44 bits per heavy atom. The summed E-state index contributed by atoms with van der Waals surface area (Å²) in [5.74, 6) is -1.45. The SMILES string of the molecule is COCC(C)(CC(=O)O)NC(=O)Cc1c[nH]c2ccc([N+](=O)[O-])cc12. The van der Waals surface area contributed by atoms with Crippen LogP contribution in [0.25, 0.3) is 10.9 Å². The summed E-state index contributed by atoms with van der Waals surface area (Å²) in [5, 5.41) is 23.2. The highest BCUT2D eigenvalue weighted by Gasteiger charge is 2.29. The van der Waals surface area contributed by atoms with Crippen molar-refractivity contribution in [2.24, 2.45) is 0 Å². The number of aromatic nitrogens is 1. The van der Waals surface area contributed by atoms with Crippen LogP contribution in [0.2, 0.25) is 0 Å². The number of H-pyrrole nitrogens is 1. The predicted molar refractivity (Wildman–Crippen MR) is 89.3 cm³/mol. The molecule has 1 aromatic heterocycles. The summed E-state index contributed by atoms with van der Waals surface area (Å²) in [7, 11) is 1.42. The molecule has 3 N–H and O–H groups in total. The van der Waals surface area contributed by atoms with E-state index in [1.54, 1.807) is 19.2 Å². The summed E-state index contributed by atoms with van der Waals surface area (Å²) >= 11 is 0. The fraction of sp³-hybridized carbons (Fsp3) is 0.375. The first-order chi connectivity index (χ1) is 11.7. The topological polar surface area (TPSA) is 135 Å². The Bertz CT molecular complexity index is 815. The van der Waals surface area contributed by atoms with E-state index in [0.29, 0.717) is 16.5 Å². The van der Waals surface area contributed by atoms with E-state index in [2.05, 4.69) is 10.3 Å². The molecule has 9 nitrogen and oxygen atoms in total. The molecule has 0 saturated heterocycles. The molecule has 2 aromatic rings. The second kappa shape index (κ2) is 7.31. The lowest BCUT2D eigenvalue weighted by Gasteiger charge is -2.28. The van der Waals surface area contributed by atoms with Gasteiger partial charge in [0.05, 0.1) is 29.9 Å². The minimum absolute atomic E-state index is 0.0416. The molecule has 0 radical (unpaired) electrons. The van der Waals surface area contributed by atoms with Gasteiger partial charge in [0.1, 0.15) is 0 Å². The Morgan fingerprint density at radius 2 is 2.16 bits per heavy atom. The number of carboxylic acid groups (broad SMARTS) is 1. The number of aliphatic carboxylic acids is 1. The molecular weight excluding hydrogens is 330 g/mol. The Labute approximate surface area is 143 Å². The number of hydrogen-bond donors (Lipinski definition) is 3. The first-order valence-electron chi connectivity index (χ1n) is 7.50. The standard InChI is InChI=1S/C16H19N3O6/c1-16(9-25-2,7-15(21)22)18-14(20)5-10-8-17-13-4-3-11(19(23)24)6-12(10)13/h3-4,6,8,17H,5,7,9H2,1-2H3,(H,18,20)(H,21,22). The third-order valence-corrected chi connectivity index (χ3v) is 3.76. The number of ether oxygens (including phenoxy) is 1. The van der Waals surface area contributed by atoms with Crippen molar-refractivity contribution in [3.8, 4) is 0 Å². The zero-order valence-corrected chi connectivity index (χ0v) is 13.9. The number of hydrogen-bond acceptors (Lipinski definition) is 5. The van der Waals surface area contributed by atoms with E-state index >= 15 is 0 Å². The van der Waals surface area contributed by atoms with Crippen LogP contribution in [0.4, 0.5) is 5.69 Å². The molecule has 9 heteroatoms. The van der Waals surface area contributed by atoms with Crippen molar-refractivity contribution >= 4 is 28.5 Å². The van der Waals surface area contributed by atoms with Gasteiger partial charge in [-0.15, -0.1) is 0 Å². The fourth-order valence-corrected chi connectivity index (χ4v) is 2.76. The van der Waals surface area contributed by atoms with E-state index < -0.39 is 22.3 Å². The second-order valence-corrected chi connectivity index (χ2v) is 6.09. The number of carboxylic acids is 1. The second-order valence-electron chi connectivity index (χ2n) is 6.09. The van der Waals surface area contributed by atoms with E-state index in [1.807, 2.05) is 0 Å². The smallest absolute Gasteiger partial charge is 0.305 e. The number of aromatic amines is 1. The lowest BCUT2D eigenvalue weighted by Crippen LogP contribution is -2.51. The summed E-state index contributed by atoms with van der Waals surface area (Å²) in [6.07, 6.45) is 1.28. The monoisotopic (exact) mass is 349 g/mol. The van der Waals surface area contributed by atoms with Gasteiger partial charge in [0.25, 0.3) is 5.69 Å². The number of fused-ring (bicyclic) bond motifs is 1. The zero-order valence-electron chi connectivity index (χ0n) is 13.9. The number of nitrogens with zero attached hydrogens (tertiary/aromatic N) is 1. The van der Waals surface area contributed by atoms with E-state index in [1.165, 1.54) is 19.2 Å². The van der Waals surface area contributed by atoms with Crippen LogP contribution in [0.1, 0.15) is 18.9 Å². The van der Waals surface area contributed by atoms with Crippen molar-refractivity contribution in [3.05, 3.63) is 40.1 Å². The number of nitro groups is 1. The molecule has 1 amide bonds. The molecule has 0 aliphatic heterocycles. The number of rotatable bonds is 8. The minimum atomic E-state index is -1.05. The molecule has 1 atom stereocenters. The van der Waals surface area contributed by atoms with Crippen molar-refractivity contribution in [2.75, 3.05) is 13.7 Å². The molecule has 0 aliphatic rings. The number of methoxy groups -OCH3 is 1. The summed E-state index contributed by atoms with van der Waals surface area (Å²) in [6, 6.07) is 4.36. The number of carbonyl (C=O) groups is 2. The van der Waals surface area contributed by atoms with Crippen LogP contribution in [0, 0.1) is 10.1 Å².